The molecule has 6 nitrogen and oxygen atoms in total. The molecule has 1 fully saturated rings. The first-order valence-corrected chi connectivity index (χ1v) is 3.95. The van der Waals surface area contributed by atoms with Gasteiger partial charge in [-0.25, -0.2) is 9.59 Å². The van der Waals surface area contributed by atoms with Crippen molar-refractivity contribution >= 4 is 12.1 Å². The maximum Gasteiger partial charge on any atom is 0.410 e. The highest BCUT2D eigenvalue weighted by Crippen LogP contribution is 2.05. The standard InChI is InChI=1S/C7H12N2O4/c1-13-7(12)9-3-2-8-4-5(9)6(10)11/h5,8H,2-4H2,1H3,(H,10,11)/t5-/m1/s1. The molecule has 1 atom stereocenters. The van der Waals surface area contributed by atoms with E-state index in [1.807, 2.05) is 0 Å². The van der Waals surface area contributed by atoms with Gasteiger partial charge in [-0.1, -0.05) is 0 Å². The molecule has 1 aliphatic rings. The molecule has 0 aromatic heterocycles. The summed E-state index contributed by atoms with van der Waals surface area (Å²) in [6.45, 7) is 1.23. The minimum Gasteiger partial charge on any atom is -0.480 e. The summed E-state index contributed by atoms with van der Waals surface area (Å²) in [5.41, 5.74) is 0. The molecule has 0 radical (unpaired) electrons. The number of carbonyl (C=O) groups excluding carboxylic acids is 1. The third kappa shape index (κ3) is 2.09. The molecule has 1 heterocycles. The SMILES string of the molecule is COC(=O)N1CCNC[C@@H]1C(=O)O. The molecule has 0 bridgehead atoms. The van der Waals surface area contributed by atoms with Crippen LogP contribution in [0.1, 0.15) is 0 Å². The van der Waals surface area contributed by atoms with Crippen LogP contribution in [-0.4, -0.2) is 54.9 Å². The van der Waals surface area contributed by atoms with Gasteiger partial charge in [0.15, 0.2) is 0 Å². The van der Waals surface area contributed by atoms with Gasteiger partial charge in [0.05, 0.1) is 7.11 Å². The number of nitrogens with zero attached hydrogens (tertiary/aromatic N) is 1. The Morgan fingerprint density at radius 2 is 2.31 bits per heavy atom. The number of hydrogen-bond acceptors (Lipinski definition) is 4. The predicted molar refractivity (Wildman–Crippen MR) is 43.4 cm³/mol. The molecule has 1 amide bonds. The third-order valence-corrected chi connectivity index (χ3v) is 1.94. The van der Waals surface area contributed by atoms with E-state index in [0.29, 0.717) is 13.1 Å². The predicted octanol–water partition coefficient (Wildman–Crippen LogP) is -0.889. The van der Waals surface area contributed by atoms with Crippen molar-refractivity contribution in [3.05, 3.63) is 0 Å². The number of carboxylic acids is 1. The lowest BCUT2D eigenvalue weighted by molar-refractivity contribution is -0.143. The number of piperazine rings is 1. The zero-order valence-corrected chi connectivity index (χ0v) is 7.32. The maximum atomic E-state index is 11.1. The van der Waals surface area contributed by atoms with Crippen LogP contribution in [-0.2, 0) is 9.53 Å². The van der Waals surface area contributed by atoms with Crippen LogP contribution in [0.5, 0.6) is 0 Å². The first-order valence-electron chi connectivity index (χ1n) is 3.95. The van der Waals surface area contributed by atoms with Crippen molar-refractivity contribution in [1.82, 2.24) is 10.2 Å². The fourth-order valence-corrected chi connectivity index (χ4v) is 1.26. The summed E-state index contributed by atoms with van der Waals surface area (Å²) in [5, 5.41) is 11.7. The summed E-state index contributed by atoms with van der Waals surface area (Å²) in [5.74, 6) is -1.02. The molecule has 0 aromatic rings. The first kappa shape index (κ1) is 9.79. The van der Waals surface area contributed by atoms with E-state index >= 15 is 0 Å². The van der Waals surface area contributed by atoms with Crippen LogP contribution in [0.4, 0.5) is 4.79 Å². The quantitative estimate of drug-likeness (QED) is 0.558. The van der Waals surface area contributed by atoms with Gasteiger partial charge in [-0.05, 0) is 0 Å². The number of nitrogens with one attached hydrogen (secondary N) is 1. The van der Waals surface area contributed by atoms with Crippen molar-refractivity contribution < 1.29 is 19.4 Å². The van der Waals surface area contributed by atoms with Crippen molar-refractivity contribution in [3.8, 4) is 0 Å². The van der Waals surface area contributed by atoms with E-state index in [9.17, 15) is 9.59 Å². The Morgan fingerprint density at radius 3 is 2.85 bits per heavy atom. The van der Waals surface area contributed by atoms with Gasteiger partial charge in [-0.15, -0.1) is 0 Å². The van der Waals surface area contributed by atoms with Crippen LogP contribution in [0.3, 0.4) is 0 Å². The summed E-state index contributed by atoms with van der Waals surface area (Å²) in [7, 11) is 1.24. The summed E-state index contributed by atoms with van der Waals surface area (Å²) in [4.78, 5) is 23.0. The highest BCUT2D eigenvalue weighted by molar-refractivity contribution is 5.80. The van der Waals surface area contributed by atoms with Gasteiger partial charge in [0.1, 0.15) is 6.04 Å². The Labute approximate surface area is 75.5 Å². The van der Waals surface area contributed by atoms with Crippen LogP contribution in [0, 0.1) is 0 Å². The number of rotatable bonds is 1. The fourth-order valence-electron chi connectivity index (χ4n) is 1.26. The van der Waals surface area contributed by atoms with E-state index in [4.69, 9.17) is 5.11 Å². The van der Waals surface area contributed by atoms with Crippen molar-refractivity contribution in [2.75, 3.05) is 26.7 Å². The number of carbonyl (C=O) groups is 2. The van der Waals surface area contributed by atoms with Gasteiger partial charge in [0, 0.05) is 19.6 Å². The molecule has 1 saturated heterocycles. The molecule has 13 heavy (non-hydrogen) atoms. The number of carboxylic acid groups (broad SMARTS) is 1. The molecular formula is C7H12N2O4. The second-order valence-electron chi connectivity index (χ2n) is 2.72. The number of ether oxygens (including phenoxy) is 1. The second-order valence-corrected chi connectivity index (χ2v) is 2.72. The van der Waals surface area contributed by atoms with Crippen LogP contribution in [0.25, 0.3) is 0 Å². The summed E-state index contributed by atoms with van der Waals surface area (Å²) in [6.07, 6.45) is -0.589. The molecule has 6 heteroatoms. The third-order valence-electron chi connectivity index (χ3n) is 1.94. The van der Waals surface area contributed by atoms with Crippen molar-refractivity contribution in [2.45, 2.75) is 6.04 Å². The van der Waals surface area contributed by atoms with Gasteiger partial charge >= 0.3 is 12.1 Å². The van der Waals surface area contributed by atoms with Gasteiger partial charge in [0.2, 0.25) is 0 Å². The zero-order valence-electron chi connectivity index (χ0n) is 7.32. The molecular weight excluding hydrogens is 176 g/mol. The average molecular weight is 188 g/mol. The van der Waals surface area contributed by atoms with E-state index in [1.165, 1.54) is 12.0 Å². The Bertz CT molecular complexity index is 219. The Balaban J connectivity index is 2.67. The van der Waals surface area contributed by atoms with Crippen molar-refractivity contribution in [3.63, 3.8) is 0 Å². The molecule has 0 unspecified atom stereocenters. The first-order chi connectivity index (χ1) is 6.16. The van der Waals surface area contributed by atoms with E-state index < -0.39 is 18.1 Å². The molecule has 74 valence electrons. The number of hydrogen-bond donors (Lipinski definition) is 2. The van der Waals surface area contributed by atoms with E-state index in [1.54, 1.807) is 0 Å². The zero-order chi connectivity index (χ0) is 9.84. The monoisotopic (exact) mass is 188 g/mol. The second kappa shape index (κ2) is 4.08. The number of methoxy groups -OCH3 is 1. The Hall–Kier alpha value is -1.30. The van der Waals surface area contributed by atoms with Crippen molar-refractivity contribution in [2.24, 2.45) is 0 Å². The maximum absolute atomic E-state index is 11.1. The highest BCUT2D eigenvalue weighted by Gasteiger charge is 2.32. The van der Waals surface area contributed by atoms with Gasteiger partial charge in [-0.2, -0.15) is 0 Å². The molecule has 0 saturated carbocycles. The Morgan fingerprint density at radius 1 is 1.62 bits per heavy atom. The van der Waals surface area contributed by atoms with E-state index in [-0.39, 0.29) is 6.54 Å². The fraction of sp³-hybridized carbons (Fsp3) is 0.714. The molecule has 0 spiro atoms. The normalized spacial score (nSPS) is 22.5. The minimum atomic E-state index is -1.02. The Kier molecular flexibility index (Phi) is 3.07. The molecule has 1 rings (SSSR count). The summed E-state index contributed by atoms with van der Waals surface area (Å²) in [6, 6.07) is -0.818. The number of amides is 1. The average Bonchev–Trinajstić information content (AvgIpc) is 2.16. The lowest BCUT2D eigenvalue weighted by atomic mass is 10.2. The van der Waals surface area contributed by atoms with Crippen LogP contribution in [0.2, 0.25) is 0 Å². The van der Waals surface area contributed by atoms with Crippen LogP contribution >= 0.6 is 0 Å². The topological polar surface area (TPSA) is 78.9 Å². The number of aliphatic carboxylic acids is 1. The minimum absolute atomic E-state index is 0.268. The largest absolute Gasteiger partial charge is 0.480 e. The van der Waals surface area contributed by atoms with E-state index in [2.05, 4.69) is 10.1 Å². The lowest BCUT2D eigenvalue weighted by Gasteiger charge is -2.31. The highest BCUT2D eigenvalue weighted by atomic mass is 16.5. The molecule has 0 aromatic carbocycles. The van der Waals surface area contributed by atoms with Gasteiger partial charge < -0.3 is 15.2 Å². The lowest BCUT2D eigenvalue weighted by Crippen LogP contribution is -2.56. The van der Waals surface area contributed by atoms with Crippen LogP contribution in [0.15, 0.2) is 0 Å². The summed E-state index contributed by atoms with van der Waals surface area (Å²) >= 11 is 0. The van der Waals surface area contributed by atoms with Gasteiger partial charge in [0.25, 0.3) is 0 Å². The van der Waals surface area contributed by atoms with Gasteiger partial charge in [-0.3, -0.25) is 4.90 Å². The smallest absolute Gasteiger partial charge is 0.410 e. The summed E-state index contributed by atoms with van der Waals surface area (Å²) < 4.78 is 4.47. The molecule has 0 aliphatic carbocycles. The van der Waals surface area contributed by atoms with Crippen molar-refractivity contribution in [1.29, 1.82) is 0 Å². The molecule has 2 N–H and O–H groups in total. The van der Waals surface area contributed by atoms with Crippen LogP contribution < -0.4 is 5.32 Å². The van der Waals surface area contributed by atoms with E-state index in [0.717, 1.165) is 0 Å². The molecule has 1 aliphatic heterocycles.